The maximum Gasteiger partial charge on any atom is 0.255 e. The number of carbonyl (C=O) groups excluding carboxylic acids is 2. The van der Waals surface area contributed by atoms with Gasteiger partial charge in [-0.3, -0.25) is 9.59 Å². The summed E-state index contributed by atoms with van der Waals surface area (Å²) in [6.45, 7) is 5.25. The first-order valence-corrected chi connectivity index (χ1v) is 9.62. The third-order valence-electron chi connectivity index (χ3n) is 5.29. The molecule has 5 heteroatoms. The Bertz CT molecular complexity index is 835. The van der Waals surface area contributed by atoms with Crippen molar-refractivity contribution in [2.45, 2.75) is 19.8 Å². The minimum Gasteiger partial charge on any atom is -0.368 e. The number of piperazine rings is 1. The Morgan fingerprint density at radius 3 is 2.30 bits per heavy atom. The molecule has 0 radical (unpaired) electrons. The highest BCUT2D eigenvalue weighted by Gasteiger charge is 2.34. The van der Waals surface area contributed by atoms with Crippen LogP contribution in [0.2, 0.25) is 0 Å². The van der Waals surface area contributed by atoms with E-state index >= 15 is 0 Å². The molecule has 0 unspecified atom stereocenters. The van der Waals surface area contributed by atoms with Gasteiger partial charge in [-0.25, -0.2) is 0 Å². The molecular formula is C22H25N3O2. The number of nitrogens with one attached hydrogen (secondary N) is 1. The summed E-state index contributed by atoms with van der Waals surface area (Å²) in [5, 5.41) is 2.94. The number of nitrogens with zero attached hydrogens (tertiary/aromatic N) is 2. The zero-order valence-electron chi connectivity index (χ0n) is 15.6. The van der Waals surface area contributed by atoms with Gasteiger partial charge >= 0.3 is 0 Å². The smallest absolute Gasteiger partial charge is 0.255 e. The molecule has 1 aliphatic carbocycles. The molecule has 0 bridgehead atoms. The van der Waals surface area contributed by atoms with Crippen molar-refractivity contribution in [2.24, 2.45) is 5.92 Å². The Hall–Kier alpha value is -2.82. The molecule has 4 rings (SSSR count). The van der Waals surface area contributed by atoms with E-state index in [4.69, 9.17) is 0 Å². The molecule has 1 saturated carbocycles. The van der Waals surface area contributed by atoms with E-state index in [-0.39, 0.29) is 5.91 Å². The zero-order valence-corrected chi connectivity index (χ0v) is 15.6. The van der Waals surface area contributed by atoms with Gasteiger partial charge in [-0.2, -0.15) is 0 Å². The van der Waals surface area contributed by atoms with E-state index in [2.05, 4.69) is 10.2 Å². The lowest BCUT2D eigenvalue weighted by Gasteiger charge is -2.36. The van der Waals surface area contributed by atoms with Crippen molar-refractivity contribution < 1.29 is 9.59 Å². The molecule has 27 heavy (non-hydrogen) atoms. The standard InChI is InChI=1S/C22H25N3O2/c1-16-3-2-4-19(15-16)23-21(26)17-7-9-20(10-8-17)24-11-13-25(14-12-24)22(27)18-5-6-18/h2-4,7-10,15,18H,5-6,11-14H2,1H3,(H,23,26). The lowest BCUT2D eigenvalue weighted by Crippen LogP contribution is -2.49. The predicted octanol–water partition coefficient (Wildman–Crippen LogP) is 3.31. The van der Waals surface area contributed by atoms with Gasteiger partial charge in [-0.15, -0.1) is 0 Å². The second-order valence-corrected chi connectivity index (χ2v) is 7.46. The van der Waals surface area contributed by atoms with E-state index in [1.54, 1.807) is 0 Å². The van der Waals surface area contributed by atoms with E-state index in [1.807, 2.05) is 60.4 Å². The average molecular weight is 363 g/mol. The van der Waals surface area contributed by atoms with Crippen LogP contribution in [0.5, 0.6) is 0 Å². The third kappa shape index (κ3) is 4.13. The fourth-order valence-electron chi connectivity index (χ4n) is 3.52. The Morgan fingerprint density at radius 2 is 1.67 bits per heavy atom. The number of amides is 2. The normalized spacial score (nSPS) is 16.9. The van der Waals surface area contributed by atoms with Gasteiger partial charge in [0.25, 0.3) is 5.91 Å². The summed E-state index contributed by atoms with van der Waals surface area (Å²) in [6.07, 6.45) is 2.12. The van der Waals surface area contributed by atoms with Crippen LogP contribution in [0.15, 0.2) is 48.5 Å². The second-order valence-electron chi connectivity index (χ2n) is 7.46. The summed E-state index contributed by atoms with van der Waals surface area (Å²) in [7, 11) is 0. The average Bonchev–Trinajstić information content (AvgIpc) is 3.53. The molecule has 1 N–H and O–H groups in total. The number of aryl methyl sites for hydroxylation is 1. The topological polar surface area (TPSA) is 52.7 Å². The highest BCUT2D eigenvalue weighted by molar-refractivity contribution is 6.04. The molecule has 0 aromatic heterocycles. The molecule has 1 aliphatic heterocycles. The maximum absolute atomic E-state index is 12.4. The van der Waals surface area contributed by atoms with Crippen LogP contribution in [0.3, 0.4) is 0 Å². The molecule has 5 nitrogen and oxygen atoms in total. The van der Waals surface area contributed by atoms with Crippen LogP contribution in [0.1, 0.15) is 28.8 Å². The highest BCUT2D eigenvalue weighted by Crippen LogP contribution is 2.31. The van der Waals surface area contributed by atoms with Crippen LogP contribution in [0.4, 0.5) is 11.4 Å². The van der Waals surface area contributed by atoms with Crippen LogP contribution in [-0.4, -0.2) is 42.9 Å². The number of rotatable bonds is 4. The Morgan fingerprint density at radius 1 is 0.963 bits per heavy atom. The summed E-state index contributed by atoms with van der Waals surface area (Å²) in [5.41, 5.74) is 3.66. The second kappa shape index (κ2) is 7.43. The summed E-state index contributed by atoms with van der Waals surface area (Å²) in [6, 6.07) is 15.5. The number of carbonyl (C=O) groups is 2. The summed E-state index contributed by atoms with van der Waals surface area (Å²) >= 11 is 0. The highest BCUT2D eigenvalue weighted by atomic mass is 16.2. The predicted molar refractivity (Wildman–Crippen MR) is 107 cm³/mol. The van der Waals surface area contributed by atoms with Crippen molar-refractivity contribution in [3.63, 3.8) is 0 Å². The molecule has 2 amide bonds. The summed E-state index contributed by atoms with van der Waals surface area (Å²) in [5.74, 6) is 0.521. The lowest BCUT2D eigenvalue weighted by atomic mass is 10.1. The molecule has 1 heterocycles. The third-order valence-corrected chi connectivity index (χ3v) is 5.29. The van der Waals surface area contributed by atoms with E-state index in [0.717, 1.165) is 56.0 Å². The van der Waals surface area contributed by atoms with E-state index in [1.165, 1.54) is 0 Å². The number of benzene rings is 2. The van der Waals surface area contributed by atoms with E-state index in [0.29, 0.717) is 17.4 Å². The van der Waals surface area contributed by atoms with Gasteiger partial charge in [-0.05, 0) is 61.7 Å². The molecule has 2 aliphatic rings. The van der Waals surface area contributed by atoms with Gasteiger partial charge in [0, 0.05) is 49.0 Å². The summed E-state index contributed by atoms with van der Waals surface area (Å²) < 4.78 is 0. The van der Waals surface area contributed by atoms with Crippen molar-refractivity contribution in [3.8, 4) is 0 Å². The maximum atomic E-state index is 12.4. The minimum atomic E-state index is -0.105. The fraction of sp³-hybridized carbons (Fsp3) is 0.364. The number of hydrogen-bond donors (Lipinski definition) is 1. The minimum absolute atomic E-state index is 0.105. The van der Waals surface area contributed by atoms with Crippen molar-refractivity contribution in [1.29, 1.82) is 0 Å². The van der Waals surface area contributed by atoms with Crippen molar-refractivity contribution in [3.05, 3.63) is 59.7 Å². The molecule has 140 valence electrons. The van der Waals surface area contributed by atoms with Gasteiger partial charge in [0.15, 0.2) is 0 Å². The van der Waals surface area contributed by atoms with Gasteiger partial charge < -0.3 is 15.1 Å². The van der Waals surface area contributed by atoms with Crippen LogP contribution >= 0.6 is 0 Å². The SMILES string of the molecule is Cc1cccc(NC(=O)c2ccc(N3CCN(C(=O)C4CC4)CC3)cc2)c1. The van der Waals surface area contributed by atoms with Crippen LogP contribution in [-0.2, 0) is 4.79 Å². The molecule has 1 saturated heterocycles. The Balaban J connectivity index is 1.34. The van der Waals surface area contributed by atoms with Crippen molar-refractivity contribution in [1.82, 2.24) is 4.90 Å². The Labute approximate surface area is 160 Å². The quantitative estimate of drug-likeness (QED) is 0.907. The molecule has 2 aromatic rings. The van der Waals surface area contributed by atoms with Crippen LogP contribution in [0, 0.1) is 12.8 Å². The van der Waals surface area contributed by atoms with Crippen LogP contribution < -0.4 is 10.2 Å². The first-order valence-electron chi connectivity index (χ1n) is 9.62. The first-order chi connectivity index (χ1) is 13.1. The van der Waals surface area contributed by atoms with Crippen LogP contribution in [0.25, 0.3) is 0 Å². The van der Waals surface area contributed by atoms with Crippen molar-refractivity contribution >= 4 is 23.2 Å². The zero-order chi connectivity index (χ0) is 18.8. The van der Waals surface area contributed by atoms with Gasteiger partial charge in [0.2, 0.25) is 5.91 Å². The Kier molecular flexibility index (Phi) is 4.84. The van der Waals surface area contributed by atoms with Crippen molar-refractivity contribution in [2.75, 3.05) is 36.4 Å². The fourth-order valence-corrected chi connectivity index (χ4v) is 3.52. The summed E-state index contributed by atoms with van der Waals surface area (Å²) in [4.78, 5) is 28.9. The molecule has 0 atom stereocenters. The lowest BCUT2D eigenvalue weighted by molar-refractivity contribution is -0.132. The largest absolute Gasteiger partial charge is 0.368 e. The molecule has 2 fully saturated rings. The van der Waals surface area contributed by atoms with E-state index in [9.17, 15) is 9.59 Å². The molecule has 0 spiro atoms. The first kappa shape index (κ1) is 17.6. The number of anilines is 2. The van der Waals surface area contributed by atoms with Gasteiger partial charge in [0.1, 0.15) is 0 Å². The molecular weight excluding hydrogens is 338 g/mol. The monoisotopic (exact) mass is 363 g/mol. The van der Waals surface area contributed by atoms with E-state index < -0.39 is 0 Å². The van der Waals surface area contributed by atoms with Gasteiger partial charge in [0.05, 0.1) is 0 Å². The van der Waals surface area contributed by atoms with Gasteiger partial charge in [-0.1, -0.05) is 12.1 Å². The molecule has 2 aromatic carbocycles. The number of hydrogen-bond acceptors (Lipinski definition) is 3.